The van der Waals surface area contributed by atoms with Crippen LogP contribution in [0.4, 0.5) is 5.82 Å². The van der Waals surface area contributed by atoms with Gasteiger partial charge in [-0.25, -0.2) is 9.97 Å². The maximum Gasteiger partial charge on any atom is 0.151 e. The minimum atomic E-state index is 0.538. The number of fused-ring (bicyclic) bond motifs is 1. The number of nitrogens with zero attached hydrogens (tertiary/aromatic N) is 2. The quantitative estimate of drug-likeness (QED) is 0.757. The number of hydrogen-bond donors (Lipinski definition) is 2. The first-order valence-electron chi connectivity index (χ1n) is 4.76. The van der Waals surface area contributed by atoms with Crippen LogP contribution in [0.2, 0.25) is 0 Å². The highest BCUT2D eigenvalue weighted by atomic mass is 15.0. The van der Waals surface area contributed by atoms with Crippen LogP contribution < -0.4 is 5.73 Å². The maximum atomic E-state index is 5.79. The van der Waals surface area contributed by atoms with E-state index in [2.05, 4.69) is 28.8 Å². The zero-order chi connectivity index (χ0) is 10.1. The number of aromatic amines is 1. The second kappa shape index (κ2) is 3.29. The molecule has 74 valence electrons. The van der Waals surface area contributed by atoms with Crippen molar-refractivity contribution >= 4 is 16.9 Å². The van der Waals surface area contributed by atoms with Gasteiger partial charge in [0, 0.05) is 12.6 Å². The van der Waals surface area contributed by atoms with Crippen molar-refractivity contribution in [1.82, 2.24) is 15.0 Å². The zero-order valence-electron chi connectivity index (χ0n) is 8.41. The number of aromatic nitrogens is 3. The molecular weight excluding hydrogens is 176 g/mol. The highest BCUT2D eigenvalue weighted by Gasteiger charge is 2.06. The van der Waals surface area contributed by atoms with Crippen molar-refractivity contribution in [3.05, 3.63) is 18.1 Å². The van der Waals surface area contributed by atoms with Crippen LogP contribution in [0.15, 0.2) is 12.3 Å². The molecule has 0 radical (unpaired) electrons. The van der Waals surface area contributed by atoms with Crippen LogP contribution in [0.25, 0.3) is 11.0 Å². The summed E-state index contributed by atoms with van der Waals surface area (Å²) in [5.41, 5.74) is 7.52. The van der Waals surface area contributed by atoms with Gasteiger partial charge in [-0.1, -0.05) is 13.8 Å². The number of rotatable bonds is 2. The van der Waals surface area contributed by atoms with Crippen molar-refractivity contribution < 1.29 is 0 Å². The minimum Gasteiger partial charge on any atom is -0.382 e. The highest BCUT2D eigenvalue weighted by Crippen LogP contribution is 2.16. The predicted octanol–water partition coefficient (Wildman–Crippen LogP) is 1.74. The largest absolute Gasteiger partial charge is 0.382 e. The standard InChI is InChI=1S/C10H14N4/c1-6(2)5-8-13-7-3-4-12-9(7)10(11)14-8/h3-4,6,12H,5H2,1-2H3,(H2,11,13,14). The fourth-order valence-corrected chi connectivity index (χ4v) is 1.47. The molecule has 14 heavy (non-hydrogen) atoms. The van der Waals surface area contributed by atoms with Gasteiger partial charge in [-0.05, 0) is 12.0 Å². The van der Waals surface area contributed by atoms with Crippen LogP contribution >= 0.6 is 0 Å². The molecule has 0 bridgehead atoms. The molecule has 0 atom stereocenters. The molecular formula is C10H14N4. The number of nitrogens with one attached hydrogen (secondary N) is 1. The van der Waals surface area contributed by atoms with Gasteiger partial charge in [0.05, 0.1) is 5.52 Å². The lowest BCUT2D eigenvalue weighted by molar-refractivity contribution is 0.623. The van der Waals surface area contributed by atoms with E-state index < -0.39 is 0 Å². The summed E-state index contributed by atoms with van der Waals surface area (Å²) < 4.78 is 0. The molecule has 0 saturated heterocycles. The Kier molecular flexibility index (Phi) is 2.11. The Labute approximate surface area is 82.6 Å². The van der Waals surface area contributed by atoms with Crippen LogP contribution in [0, 0.1) is 5.92 Å². The second-order valence-electron chi connectivity index (χ2n) is 3.86. The van der Waals surface area contributed by atoms with E-state index >= 15 is 0 Å². The molecule has 0 fully saturated rings. The third-order valence-corrected chi connectivity index (χ3v) is 2.07. The average Bonchev–Trinajstić information content (AvgIpc) is 2.50. The second-order valence-corrected chi connectivity index (χ2v) is 3.86. The first-order valence-corrected chi connectivity index (χ1v) is 4.76. The lowest BCUT2D eigenvalue weighted by atomic mass is 10.1. The molecule has 0 unspecified atom stereocenters. The normalized spacial score (nSPS) is 11.4. The number of hydrogen-bond acceptors (Lipinski definition) is 3. The molecule has 0 aromatic carbocycles. The van der Waals surface area contributed by atoms with E-state index in [0.717, 1.165) is 23.3 Å². The molecule has 2 rings (SSSR count). The fourth-order valence-electron chi connectivity index (χ4n) is 1.47. The van der Waals surface area contributed by atoms with Crippen molar-refractivity contribution in [3.63, 3.8) is 0 Å². The Bertz CT molecular complexity index is 444. The molecule has 0 aliphatic rings. The van der Waals surface area contributed by atoms with Gasteiger partial charge >= 0.3 is 0 Å². The van der Waals surface area contributed by atoms with E-state index in [9.17, 15) is 0 Å². The zero-order valence-corrected chi connectivity index (χ0v) is 8.41. The van der Waals surface area contributed by atoms with Gasteiger partial charge in [0.25, 0.3) is 0 Å². The van der Waals surface area contributed by atoms with Crippen LogP contribution in [-0.2, 0) is 6.42 Å². The van der Waals surface area contributed by atoms with E-state index in [4.69, 9.17) is 5.73 Å². The van der Waals surface area contributed by atoms with Gasteiger partial charge in [0.15, 0.2) is 5.82 Å². The summed E-state index contributed by atoms with van der Waals surface area (Å²) in [4.78, 5) is 11.7. The lowest BCUT2D eigenvalue weighted by Crippen LogP contribution is -2.03. The highest BCUT2D eigenvalue weighted by molar-refractivity contribution is 5.84. The van der Waals surface area contributed by atoms with Crippen LogP contribution in [0.5, 0.6) is 0 Å². The van der Waals surface area contributed by atoms with Crippen LogP contribution in [0.3, 0.4) is 0 Å². The number of H-pyrrole nitrogens is 1. The van der Waals surface area contributed by atoms with Gasteiger partial charge < -0.3 is 10.7 Å². The van der Waals surface area contributed by atoms with Gasteiger partial charge in [-0.3, -0.25) is 0 Å². The summed E-state index contributed by atoms with van der Waals surface area (Å²) in [5, 5.41) is 0. The molecule has 3 N–H and O–H groups in total. The first kappa shape index (κ1) is 8.99. The summed E-state index contributed by atoms with van der Waals surface area (Å²) in [6, 6.07) is 1.91. The molecule has 0 aliphatic heterocycles. The molecule has 4 nitrogen and oxygen atoms in total. The van der Waals surface area contributed by atoms with Gasteiger partial charge in [0.1, 0.15) is 11.3 Å². The number of anilines is 1. The van der Waals surface area contributed by atoms with Gasteiger partial charge in [-0.2, -0.15) is 0 Å². The fraction of sp³-hybridized carbons (Fsp3) is 0.400. The van der Waals surface area contributed by atoms with E-state index in [1.165, 1.54) is 0 Å². The van der Waals surface area contributed by atoms with Crippen LogP contribution in [-0.4, -0.2) is 15.0 Å². The molecule has 0 saturated carbocycles. The van der Waals surface area contributed by atoms with Crippen molar-refractivity contribution in [3.8, 4) is 0 Å². The summed E-state index contributed by atoms with van der Waals surface area (Å²) in [6.45, 7) is 4.28. The van der Waals surface area contributed by atoms with Crippen LogP contribution in [0.1, 0.15) is 19.7 Å². The summed E-state index contributed by atoms with van der Waals surface area (Å²) in [7, 11) is 0. The number of nitrogens with two attached hydrogens (primary N) is 1. The van der Waals surface area contributed by atoms with Crippen molar-refractivity contribution in [1.29, 1.82) is 0 Å². The third kappa shape index (κ3) is 1.55. The number of nitrogen functional groups attached to an aromatic ring is 1. The van der Waals surface area contributed by atoms with Crippen molar-refractivity contribution in [2.45, 2.75) is 20.3 Å². The molecule has 0 aliphatic carbocycles. The van der Waals surface area contributed by atoms with E-state index in [1.807, 2.05) is 12.3 Å². The van der Waals surface area contributed by atoms with E-state index in [-0.39, 0.29) is 0 Å². The monoisotopic (exact) mass is 190 g/mol. The Morgan fingerprint density at radius 1 is 1.43 bits per heavy atom. The molecule has 0 amide bonds. The Morgan fingerprint density at radius 3 is 2.93 bits per heavy atom. The van der Waals surface area contributed by atoms with Crippen molar-refractivity contribution in [2.24, 2.45) is 5.92 Å². The Balaban J connectivity index is 2.47. The van der Waals surface area contributed by atoms with E-state index in [1.54, 1.807) is 0 Å². The third-order valence-electron chi connectivity index (χ3n) is 2.07. The average molecular weight is 190 g/mol. The Hall–Kier alpha value is -1.58. The minimum absolute atomic E-state index is 0.538. The van der Waals surface area contributed by atoms with E-state index in [0.29, 0.717) is 11.7 Å². The van der Waals surface area contributed by atoms with Gasteiger partial charge in [-0.15, -0.1) is 0 Å². The summed E-state index contributed by atoms with van der Waals surface area (Å²) >= 11 is 0. The molecule has 2 aromatic rings. The topological polar surface area (TPSA) is 67.6 Å². The Morgan fingerprint density at radius 2 is 2.21 bits per heavy atom. The first-order chi connectivity index (χ1) is 6.66. The molecule has 0 spiro atoms. The molecule has 2 heterocycles. The van der Waals surface area contributed by atoms with Crippen molar-refractivity contribution in [2.75, 3.05) is 5.73 Å². The molecule has 4 heteroatoms. The summed E-state index contributed by atoms with van der Waals surface area (Å²) in [5.74, 6) is 1.91. The maximum absolute atomic E-state index is 5.79. The SMILES string of the molecule is CC(C)Cc1nc(N)c2[nH]ccc2n1. The lowest BCUT2D eigenvalue weighted by Gasteiger charge is -2.04. The smallest absolute Gasteiger partial charge is 0.151 e. The molecule has 2 aromatic heterocycles. The predicted molar refractivity (Wildman–Crippen MR) is 56.8 cm³/mol. The van der Waals surface area contributed by atoms with Gasteiger partial charge in [0.2, 0.25) is 0 Å². The summed E-state index contributed by atoms with van der Waals surface area (Å²) in [6.07, 6.45) is 2.69.